The predicted octanol–water partition coefficient (Wildman–Crippen LogP) is 5.45. The van der Waals surface area contributed by atoms with Gasteiger partial charge < -0.3 is 41.7 Å². The van der Waals surface area contributed by atoms with E-state index in [1.54, 1.807) is 4.57 Å². The summed E-state index contributed by atoms with van der Waals surface area (Å²) in [5.41, 5.74) is 20.8. The molecule has 12 nitrogen and oxygen atoms in total. The van der Waals surface area contributed by atoms with E-state index in [9.17, 15) is 18.0 Å². The molecule has 1 saturated heterocycles. The number of aromatic nitrogens is 3. The Morgan fingerprint density at radius 1 is 1.06 bits per heavy atom. The Bertz CT molecular complexity index is 1890. The summed E-state index contributed by atoms with van der Waals surface area (Å²) in [6.07, 6.45) is -2.28. The van der Waals surface area contributed by atoms with Gasteiger partial charge in [-0.1, -0.05) is 59.7 Å². The molecule has 0 spiro atoms. The molecule has 2 aromatic carbocycles. The van der Waals surface area contributed by atoms with Crippen molar-refractivity contribution in [3.05, 3.63) is 87.6 Å². The molecule has 0 radical (unpaired) electrons. The lowest BCUT2D eigenvalue weighted by atomic mass is 9.86. The molecule has 15 heteroatoms. The van der Waals surface area contributed by atoms with E-state index in [0.29, 0.717) is 31.0 Å². The summed E-state index contributed by atoms with van der Waals surface area (Å²) in [7, 11) is 0. The first-order valence-electron chi connectivity index (χ1n) is 17.6. The van der Waals surface area contributed by atoms with Gasteiger partial charge in [-0.2, -0.15) is 4.98 Å². The third-order valence-corrected chi connectivity index (χ3v) is 8.67. The van der Waals surface area contributed by atoms with Gasteiger partial charge in [0.05, 0.1) is 37.7 Å². The maximum Gasteiger partial charge on any atom is 0.573 e. The van der Waals surface area contributed by atoms with Crippen LogP contribution in [-0.2, 0) is 26.9 Å². The first-order valence-corrected chi connectivity index (χ1v) is 17.6. The predicted molar refractivity (Wildman–Crippen MR) is 201 cm³/mol. The molecule has 0 amide bonds. The van der Waals surface area contributed by atoms with Crippen LogP contribution in [-0.4, -0.2) is 65.3 Å². The Hall–Kier alpha value is -4.44. The number of halogens is 3. The van der Waals surface area contributed by atoms with Gasteiger partial charge in [0.15, 0.2) is 5.96 Å². The van der Waals surface area contributed by atoms with Crippen molar-refractivity contribution in [2.24, 2.45) is 22.2 Å². The summed E-state index contributed by atoms with van der Waals surface area (Å²) < 4.78 is 54.0. The van der Waals surface area contributed by atoms with Crippen molar-refractivity contribution in [1.29, 1.82) is 0 Å². The van der Waals surface area contributed by atoms with Crippen LogP contribution < -0.4 is 32.9 Å². The van der Waals surface area contributed by atoms with E-state index in [-0.39, 0.29) is 53.0 Å². The molecular weight excluding hydrogens is 689 g/mol. The number of H-pyrrole nitrogens is 1. The van der Waals surface area contributed by atoms with Crippen LogP contribution in [0.3, 0.4) is 0 Å². The van der Waals surface area contributed by atoms with Gasteiger partial charge >= 0.3 is 12.1 Å². The number of alkyl halides is 3. The molecule has 8 N–H and O–H groups in total. The largest absolute Gasteiger partial charge is 0.573 e. The highest BCUT2D eigenvalue weighted by atomic mass is 19.4. The molecule has 290 valence electrons. The van der Waals surface area contributed by atoms with Crippen molar-refractivity contribution in [3.63, 3.8) is 0 Å². The molecule has 0 aliphatic carbocycles. The van der Waals surface area contributed by atoms with Crippen molar-refractivity contribution >= 4 is 17.0 Å². The van der Waals surface area contributed by atoms with Crippen LogP contribution in [0.25, 0.3) is 16.7 Å². The number of nitrogens with two attached hydrogens (primary N) is 3. The van der Waals surface area contributed by atoms with E-state index in [1.807, 2.05) is 57.3 Å². The molecule has 0 saturated carbocycles. The monoisotopic (exact) mass is 742 g/mol. The number of ether oxygens (including phenoxy) is 3. The Kier molecular flexibility index (Phi) is 13.4. The standard InChI is InChI=1S/C22H31N7O.C16H22F3NO3/c1-14(25-10-5-11-26-20(23)24)15-6-8-17(9-7-15)29-13-16-12-18(22(2,3)4)27-19(16)28-21(29)30;1-15(2,3)11-4-10(5-12(6-11)23-16(17,18)19)7-22-14-9-21-8-13(14)20/h6-9,12-14,25H,5,10-11H2,1-4H3,(H4,23,24,26)(H,27,28,30);4-6,13-14H,7-9,20H2,1-3H3/t14-;/m0./s1. The van der Waals surface area contributed by atoms with E-state index in [2.05, 4.69) is 58.8 Å². The van der Waals surface area contributed by atoms with Crippen LogP contribution in [0.5, 0.6) is 5.75 Å². The van der Waals surface area contributed by atoms with Crippen molar-refractivity contribution in [1.82, 2.24) is 19.9 Å². The minimum absolute atomic E-state index is 0.0390. The molecule has 2 unspecified atom stereocenters. The fourth-order valence-corrected chi connectivity index (χ4v) is 5.53. The van der Waals surface area contributed by atoms with Crippen LogP contribution in [0.4, 0.5) is 13.2 Å². The number of rotatable bonds is 11. The maximum absolute atomic E-state index is 12.6. The lowest BCUT2D eigenvalue weighted by Crippen LogP contribution is -2.35. The van der Waals surface area contributed by atoms with Crippen LogP contribution in [0.15, 0.2) is 64.5 Å². The van der Waals surface area contributed by atoms with Crippen LogP contribution in [0, 0.1) is 0 Å². The Morgan fingerprint density at radius 2 is 1.75 bits per heavy atom. The number of guanidine groups is 1. The number of hydrogen-bond acceptors (Lipinski definition) is 8. The SMILES string of the molecule is CC(C)(C)c1cc(COC2COCC2N)cc(OC(F)(F)F)c1.C[C@H](NCCCN=C(N)N)c1ccc(-n2cc3cc(C(C)(C)C)[nH]c3nc2=O)cc1. The molecule has 4 aromatic rings. The fraction of sp³-hybridized carbons (Fsp3) is 0.500. The molecule has 2 aromatic heterocycles. The second-order valence-electron chi connectivity index (χ2n) is 15.3. The molecule has 1 aliphatic heterocycles. The number of benzene rings is 2. The summed E-state index contributed by atoms with van der Waals surface area (Å²) in [5.74, 6) is -0.119. The topological polar surface area (TPSA) is 181 Å². The molecular formula is C38H53F3N8O4. The highest BCUT2D eigenvalue weighted by Crippen LogP contribution is 2.31. The third kappa shape index (κ3) is 12.3. The van der Waals surface area contributed by atoms with Gasteiger partial charge in [-0.3, -0.25) is 9.56 Å². The lowest BCUT2D eigenvalue weighted by Gasteiger charge is -2.22. The van der Waals surface area contributed by atoms with E-state index < -0.39 is 6.36 Å². The summed E-state index contributed by atoms with van der Waals surface area (Å²) in [5, 5.41) is 4.36. The normalized spacial score (nSPS) is 17.0. The number of aromatic amines is 1. The molecule has 3 heterocycles. The number of nitrogens with one attached hydrogen (secondary N) is 2. The molecule has 53 heavy (non-hydrogen) atoms. The van der Waals surface area contributed by atoms with Crippen molar-refractivity contribution < 1.29 is 27.4 Å². The smallest absolute Gasteiger partial charge is 0.406 e. The first-order chi connectivity index (χ1) is 24.7. The Balaban J connectivity index is 0.000000245. The third-order valence-electron chi connectivity index (χ3n) is 8.67. The van der Waals surface area contributed by atoms with Crippen molar-refractivity contribution in [2.45, 2.75) is 96.9 Å². The molecule has 5 rings (SSSR count). The number of fused-ring (bicyclic) bond motifs is 1. The quantitative estimate of drug-likeness (QED) is 0.0759. The van der Waals surface area contributed by atoms with Gasteiger partial charge in [-0.25, -0.2) is 4.79 Å². The Morgan fingerprint density at radius 3 is 2.34 bits per heavy atom. The minimum Gasteiger partial charge on any atom is -0.406 e. The second kappa shape index (κ2) is 17.1. The zero-order valence-electron chi connectivity index (χ0n) is 31.5. The van der Waals surface area contributed by atoms with Crippen molar-refractivity contribution in [2.75, 3.05) is 26.3 Å². The highest BCUT2D eigenvalue weighted by molar-refractivity contribution is 5.76. The zero-order valence-corrected chi connectivity index (χ0v) is 31.5. The van der Waals surface area contributed by atoms with E-state index >= 15 is 0 Å². The van der Waals surface area contributed by atoms with Gasteiger partial charge in [-0.05, 0) is 72.3 Å². The van der Waals surface area contributed by atoms with E-state index in [0.717, 1.165) is 40.9 Å². The number of aliphatic imine (C=N–C) groups is 1. The average molecular weight is 743 g/mol. The van der Waals surface area contributed by atoms with Crippen molar-refractivity contribution in [3.8, 4) is 11.4 Å². The van der Waals surface area contributed by atoms with E-state index in [1.165, 1.54) is 12.1 Å². The Labute approximate surface area is 308 Å². The second-order valence-corrected chi connectivity index (χ2v) is 15.3. The van der Waals surface area contributed by atoms with Crippen LogP contribution in [0.2, 0.25) is 0 Å². The van der Waals surface area contributed by atoms with E-state index in [4.69, 9.17) is 26.7 Å². The van der Waals surface area contributed by atoms with Gasteiger partial charge in [0.25, 0.3) is 0 Å². The number of hydrogen-bond donors (Lipinski definition) is 5. The first kappa shape index (κ1) is 41.3. The van der Waals surface area contributed by atoms with Gasteiger partial charge in [0, 0.05) is 35.3 Å². The fourth-order valence-electron chi connectivity index (χ4n) is 5.53. The van der Waals surface area contributed by atoms with Crippen LogP contribution in [0.1, 0.15) is 83.3 Å². The van der Waals surface area contributed by atoms with Gasteiger partial charge in [0.2, 0.25) is 0 Å². The lowest BCUT2D eigenvalue weighted by molar-refractivity contribution is -0.274. The molecule has 3 atom stereocenters. The van der Waals surface area contributed by atoms with Crippen LogP contribution >= 0.6 is 0 Å². The average Bonchev–Trinajstić information content (AvgIpc) is 3.67. The molecule has 0 bridgehead atoms. The summed E-state index contributed by atoms with van der Waals surface area (Å²) in [6, 6.07) is 14.5. The number of nitrogens with zero attached hydrogens (tertiary/aromatic N) is 3. The summed E-state index contributed by atoms with van der Waals surface area (Å²) >= 11 is 0. The molecule has 1 aliphatic rings. The molecule has 1 fully saturated rings. The minimum atomic E-state index is -4.73. The highest BCUT2D eigenvalue weighted by Gasteiger charge is 2.32. The van der Waals surface area contributed by atoms with Gasteiger partial charge in [-0.15, -0.1) is 13.2 Å². The summed E-state index contributed by atoms with van der Waals surface area (Å²) in [6.45, 7) is 16.6. The van der Waals surface area contributed by atoms with Gasteiger partial charge in [0.1, 0.15) is 11.4 Å². The maximum atomic E-state index is 12.6. The summed E-state index contributed by atoms with van der Waals surface area (Å²) in [4.78, 5) is 24.0. The zero-order chi connectivity index (χ0) is 39.1.